The first-order valence-corrected chi connectivity index (χ1v) is 16.0. The van der Waals surface area contributed by atoms with Crippen LogP contribution in [0, 0.1) is 13.8 Å². The summed E-state index contributed by atoms with van der Waals surface area (Å²) in [5, 5.41) is 0. The number of rotatable bonds is 8. The zero-order valence-electron chi connectivity index (χ0n) is 27.5. The molecule has 228 valence electrons. The van der Waals surface area contributed by atoms with Crippen molar-refractivity contribution in [3.8, 4) is 0 Å². The van der Waals surface area contributed by atoms with Gasteiger partial charge in [0.05, 0.1) is 0 Å². The van der Waals surface area contributed by atoms with Crippen LogP contribution in [0.1, 0.15) is 48.6 Å². The number of hydrogen-bond donors (Lipinski definition) is 0. The van der Waals surface area contributed by atoms with Crippen molar-refractivity contribution in [2.45, 2.75) is 40.0 Å². The topological polar surface area (TPSA) is 6.48 Å². The standard InChI is InChI=1S/C44H42N2/c1-33-11-9-15-42(31-33)46(43-16-10-12-34(2)32-43)40-27-21-36(22-28-40)18-17-35-19-25-39(26-20-35)45(38-13-7-6-8-14-38)41-29-23-37(24-30-41)44(3,4)5/h6-32H,1-5H3. The fourth-order valence-electron chi connectivity index (χ4n) is 5.78. The second kappa shape index (κ2) is 13.3. The van der Waals surface area contributed by atoms with Crippen molar-refractivity contribution in [3.05, 3.63) is 179 Å². The van der Waals surface area contributed by atoms with Gasteiger partial charge >= 0.3 is 0 Å². The molecule has 0 aromatic heterocycles. The lowest BCUT2D eigenvalue weighted by Gasteiger charge is -2.27. The summed E-state index contributed by atoms with van der Waals surface area (Å²) in [6.07, 6.45) is 4.37. The molecule has 2 heteroatoms. The highest BCUT2D eigenvalue weighted by atomic mass is 15.1. The zero-order chi connectivity index (χ0) is 32.1. The summed E-state index contributed by atoms with van der Waals surface area (Å²) in [4.78, 5) is 4.63. The largest absolute Gasteiger partial charge is 0.311 e. The molecule has 0 aliphatic carbocycles. The van der Waals surface area contributed by atoms with Gasteiger partial charge in [0.2, 0.25) is 0 Å². The molecular weight excluding hydrogens is 556 g/mol. The van der Waals surface area contributed by atoms with Crippen LogP contribution in [0.4, 0.5) is 34.1 Å². The van der Waals surface area contributed by atoms with E-state index in [1.165, 1.54) is 16.7 Å². The van der Waals surface area contributed by atoms with Gasteiger partial charge in [-0.15, -0.1) is 0 Å². The molecule has 6 aromatic rings. The van der Waals surface area contributed by atoms with E-state index in [1.54, 1.807) is 0 Å². The molecule has 6 aromatic carbocycles. The first kappa shape index (κ1) is 30.7. The number of hydrogen-bond acceptors (Lipinski definition) is 2. The van der Waals surface area contributed by atoms with E-state index in [9.17, 15) is 0 Å². The first-order valence-electron chi connectivity index (χ1n) is 16.0. The number of benzene rings is 6. The average molecular weight is 599 g/mol. The monoisotopic (exact) mass is 598 g/mol. The van der Waals surface area contributed by atoms with E-state index in [0.717, 1.165) is 45.3 Å². The zero-order valence-corrected chi connectivity index (χ0v) is 27.5. The Labute approximate surface area is 274 Å². The third kappa shape index (κ3) is 7.14. The van der Waals surface area contributed by atoms with Gasteiger partial charge in [0.25, 0.3) is 0 Å². The summed E-state index contributed by atoms with van der Waals surface area (Å²) >= 11 is 0. The van der Waals surface area contributed by atoms with Crippen molar-refractivity contribution in [1.29, 1.82) is 0 Å². The van der Waals surface area contributed by atoms with Crippen LogP contribution in [0.5, 0.6) is 0 Å². The van der Waals surface area contributed by atoms with E-state index >= 15 is 0 Å². The molecular formula is C44H42N2. The Hall–Kier alpha value is -5.34. The molecule has 0 amide bonds. The Bertz CT molecular complexity index is 1870. The minimum atomic E-state index is 0.117. The third-order valence-electron chi connectivity index (χ3n) is 8.30. The van der Waals surface area contributed by atoms with Crippen molar-refractivity contribution in [2.75, 3.05) is 9.80 Å². The van der Waals surface area contributed by atoms with Crippen LogP contribution in [-0.2, 0) is 5.41 Å². The predicted octanol–water partition coefficient (Wildman–Crippen LogP) is 12.7. The second-order valence-corrected chi connectivity index (χ2v) is 13.0. The highest BCUT2D eigenvalue weighted by Crippen LogP contribution is 2.37. The third-order valence-corrected chi connectivity index (χ3v) is 8.30. The van der Waals surface area contributed by atoms with Crippen molar-refractivity contribution in [1.82, 2.24) is 0 Å². The maximum Gasteiger partial charge on any atom is 0.0464 e. The quantitative estimate of drug-likeness (QED) is 0.161. The highest BCUT2D eigenvalue weighted by Gasteiger charge is 2.16. The van der Waals surface area contributed by atoms with E-state index in [-0.39, 0.29) is 5.41 Å². The summed E-state index contributed by atoms with van der Waals surface area (Å²) < 4.78 is 0. The lowest BCUT2D eigenvalue weighted by atomic mass is 9.87. The van der Waals surface area contributed by atoms with Gasteiger partial charge in [-0.25, -0.2) is 0 Å². The van der Waals surface area contributed by atoms with Gasteiger partial charge in [0.1, 0.15) is 0 Å². The number of aryl methyl sites for hydroxylation is 2. The molecule has 0 fully saturated rings. The van der Waals surface area contributed by atoms with Gasteiger partial charge in [-0.3, -0.25) is 0 Å². The molecule has 0 saturated carbocycles. The normalized spacial score (nSPS) is 11.5. The number of anilines is 6. The first-order chi connectivity index (χ1) is 22.2. The SMILES string of the molecule is Cc1cccc(N(c2ccc(C=Cc3ccc(N(c4ccccc4)c4ccc(C(C)(C)C)cc4)cc3)cc2)c2cccc(C)c2)c1. The lowest BCUT2D eigenvalue weighted by Crippen LogP contribution is -2.13. The minimum Gasteiger partial charge on any atom is -0.311 e. The maximum absolute atomic E-state index is 2.32. The second-order valence-electron chi connectivity index (χ2n) is 13.0. The van der Waals surface area contributed by atoms with Gasteiger partial charge < -0.3 is 9.80 Å². The highest BCUT2D eigenvalue weighted by molar-refractivity contribution is 5.80. The van der Waals surface area contributed by atoms with Crippen molar-refractivity contribution in [3.63, 3.8) is 0 Å². The summed E-state index contributed by atoms with van der Waals surface area (Å²) in [7, 11) is 0. The predicted molar refractivity (Wildman–Crippen MR) is 199 cm³/mol. The molecule has 0 aliphatic heterocycles. The number of nitrogens with zero attached hydrogens (tertiary/aromatic N) is 2. The van der Waals surface area contributed by atoms with E-state index < -0.39 is 0 Å². The Kier molecular flexibility index (Phi) is 8.90. The van der Waals surface area contributed by atoms with Gasteiger partial charge in [0.15, 0.2) is 0 Å². The van der Waals surface area contributed by atoms with E-state index in [1.807, 2.05) is 0 Å². The van der Waals surface area contributed by atoms with E-state index in [0.29, 0.717) is 0 Å². The van der Waals surface area contributed by atoms with Crippen LogP contribution < -0.4 is 9.80 Å². The molecule has 0 aliphatic rings. The molecule has 2 nitrogen and oxygen atoms in total. The molecule has 0 radical (unpaired) electrons. The average Bonchev–Trinajstić information content (AvgIpc) is 3.06. The van der Waals surface area contributed by atoms with Crippen LogP contribution in [0.2, 0.25) is 0 Å². The molecule has 0 spiro atoms. The van der Waals surface area contributed by atoms with Crippen molar-refractivity contribution < 1.29 is 0 Å². The Morgan fingerprint density at radius 2 is 0.761 bits per heavy atom. The molecule has 0 bridgehead atoms. The van der Waals surface area contributed by atoms with E-state index in [2.05, 4.69) is 208 Å². The summed E-state index contributed by atoms with van der Waals surface area (Å²) in [5.74, 6) is 0. The molecule has 46 heavy (non-hydrogen) atoms. The maximum atomic E-state index is 2.32. The Balaban J connectivity index is 1.24. The smallest absolute Gasteiger partial charge is 0.0464 e. The van der Waals surface area contributed by atoms with Crippen LogP contribution in [0.15, 0.2) is 152 Å². The Morgan fingerprint density at radius 1 is 0.391 bits per heavy atom. The number of para-hydroxylation sites is 1. The van der Waals surface area contributed by atoms with Crippen LogP contribution in [0.3, 0.4) is 0 Å². The molecule has 0 heterocycles. The van der Waals surface area contributed by atoms with Crippen LogP contribution in [-0.4, -0.2) is 0 Å². The Morgan fingerprint density at radius 3 is 1.17 bits per heavy atom. The van der Waals surface area contributed by atoms with Gasteiger partial charge in [-0.1, -0.05) is 112 Å². The lowest BCUT2D eigenvalue weighted by molar-refractivity contribution is 0.590. The van der Waals surface area contributed by atoms with Gasteiger partial charge in [-0.2, -0.15) is 0 Å². The summed E-state index contributed by atoms with van der Waals surface area (Å²) in [6.45, 7) is 11.0. The van der Waals surface area contributed by atoms with Crippen LogP contribution >= 0.6 is 0 Å². The van der Waals surface area contributed by atoms with Gasteiger partial charge in [0, 0.05) is 34.1 Å². The molecule has 0 unspecified atom stereocenters. The molecule has 0 N–H and O–H groups in total. The molecule has 0 atom stereocenters. The molecule has 6 rings (SSSR count). The van der Waals surface area contributed by atoms with Gasteiger partial charge in [-0.05, 0) is 120 Å². The minimum absolute atomic E-state index is 0.117. The molecule has 0 saturated heterocycles. The fourth-order valence-corrected chi connectivity index (χ4v) is 5.78. The summed E-state index contributed by atoms with van der Waals surface area (Å²) in [6, 6.07) is 54.4. The van der Waals surface area contributed by atoms with Crippen molar-refractivity contribution in [2.24, 2.45) is 0 Å². The van der Waals surface area contributed by atoms with E-state index in [4.69, 9.17) is 0 Å². The fraction of sp³-hybridized carbons (Fsp3) is 0.136. The summed E-state index contributed by atoms with van der Waals surface area (Å²) in [5.41, 5.74) is 13.1. The van der Waals surface area contributed by atoms with Crippen molar-refractivity contribution >= 4 is 46.3 Å². The van der Waals surface area contributed by atoms with Crippen LogP contribution in [0.25, 0.3) is 12.2 Å².